The first-order valence-corrected chi connectivity index (χ1v) is 8.34. The van der Waals surface area contributed by atoms with Crippen LogP contribution in [0.1, 0.15) is 17.2 Å². The molecule has 2 heterocycles. The van der Waals surface area contributed by atoms with Crippen molar-refractivity contribution in [3.05, 3.63) is 90.3 Å². The standard InChI is InChI=1S/C20H17N5O/c26-19(14-25-18-9-5-4-8-17(18)23-24-25)22-20(15-6-2-1-3-7-15)16-10-12-21-13-11-16/h1-13,20H,14H2,(H,22,26). The van der Waals surface area contributed by atoms with Crippen LogP contribution in [0.5, 0.6) is 0 Å². The zero-order valence-corrected chi connectivity index (χ0v) is 14.0. The molecule has 0 aliphatic carbocycles. The Morgan fingerprint density at radius 1 is 0.923 bits per heavy atom. The Labute approximate surface area is 150 Å². The number of aromatic nitrogens is 4. The molecule has 0 radical (unpaired) electrons. The van der Waals surface area contributed by atoms with Crippen LogP contribution in [0.4, 0.5) is 0 Å². The van der Waals surface area contributed by atoms with Gasteiger partial charge < -0.3 is 5.32 Å². The van der Waals surface area contributed by atoms with E-state index in [1.165, 1.54) is 0 Å². The highest BCUT2D eigenvalue weighted by Crippen LogP contribution is 2.21. The second-order valence-electron chi connectivity index (χ2n) is 5.93. The summed E-state index contributed by atoms with van der Waals surface area (Å²) in [6.07, 6.45) is 3.45. The second-order valence-corrected chi connectivity index (χ2v) is 5.93. The molecule has 0 aliphatic rings. The van der Waals surface area contributed by atoms with Gasteiger partial charge in [-0.15, -0.1) is 5.10 Å². The van der Waals surface area contributed by atoms with E-state index >= 15 is 0 Å². The topological polar surface area (TPSA) is 72.7 Å². The summed E-state index contributed by atoms with van der Waals surface area (Å²) in [6.45, 7) is 0.106. The Bertz CT molecular complexity index is 975. The average molecular weight is 343 g/mol. The molecule has 0 saturated heterocycles. The lowest BCUT2D eigenvalue weighted by molar-refractivity contribution is -0.122. The lowest BCUT2D eigenvalue weighted by Crippen LogP contribution is -2.32. The van der Waals surface area contributed by atoms with Gasteiger partial charge in [0.15, 0.2) is 0 Å². The number of rotatable bonds is 5. The highest BCUT2D eigenvalue weighted by Gasteiger charge is 2.17. The molecule has 26 heavy (non-hydrogen) atoms. The normalized spacial score (nSPS) is 12.0. The summed E-state index contributed by atoms with van der Waals surface area (Å²) in [5.41, 5.74) is 3.59. The minimum Gasteiger partial charge on any atom is -0.344 e. The van der Waals surface area contributed by atoms with E-state index in [0.717, 1.165) is 22.2 Å². The molecule has 1 unspecified atom stereocenters. The van der Waals surface area contributed by atoms with Crippen LogP contribution in [0.2, 0.25) is 0 Å². The Morgan fingerprint density at radius 2 is 1.62 bits per heavy atom. The van der Waals surface area contributed by atoms with Crippen LogP contribution in [0.15, 0.2) is 79.1 Å². The fourth-order valence-corrected chi connectivity index (χ4v) is 2.94. The summed E-state index contributed by atoms with van der Waals surface area (Å²) < 4.78 is 1.61. The molecule has 1 N–H and O–H groups in total. The van der Waals surface area contributed by atoms with Crippen LogP contribution in [0.25, 0.3) is 11.0 Å². The van der Waals surface area contributed by atoms with Gasteiger partial charge in [-0.1, -0.05) is 47.7 Å². The number of benzene rings is 2. The molecule has 0 bridgehead atoms. The Morgan fingerprint density at radius 3 is 2.42 bits per heavy atom. The van der Waals surface area contributed by atoms with Crippen LogP contribution in [-0.2, 0) is 11.3 Å². The maximum absolute atomic E-state index is 12.7. The van der Waals surface area contributed by atoms with Crippen molar-refractivity contribution >= 4 is 16.9 Å². The SMILES string of the molecule is O=C(Cn1nnc2ccccc21)NC(c1ccccc1)c1ccncc1. The highest BCUT2D eigenvalue weighted by molar-refractivity contribution is 5.80. The summed E-state index contributed by atoms with van der Waals surface area (Å²) in [5.74, 6) is -0.133. The number of nitrogens with zero attached hydrogens (tertiary/aromatic N) is 4. The van der Waals surface area contributed by atoms with Crippen molar-refractivity contribution in [3.63, 3.8) is 0 Å². The Kier molecular flexibility index (Phi) is 4.38. The molecule has 1 amide bonds. The molecule has 128 valence electrons. The lowest BCUT2D eigenvalue weighted by Gasteiger charge is -2.19. The van der Waals surface area contributed by atoms with E-state index in [1.54, 1.807) is 17.1 Å². The largest absolute Gasteiger partial charge is 0.344 e. The third-order valence-corrected chi connectivity index (χ3v) is 4.19. The Hall–Kier alpha value is -3.54. The van der Waals surface area contributed by atoms with Crippen LogP contribution in [0, 0.1) is 0 Å². The number of hydrogen-bond donors (Lipinski definition) is 1. The van der Waals surface area contributed by atoms with Crippen LogP contribution in [-0.4, -0.2) is 25.9 Å². The van der Waals surface area contributed by atoms with E-state index in [2.05, 4.69) is 20.6 Å². The third-order valence-electron chi connectivity index (χ3n) is 4.19. The molecule has 6 heteroatoms. The molecule has 0 aliphatic heterocycles. The average Bonchev–Trinajstić information content (AvgIpc) is 3.10. The van der Waals surface area contributed by atoms with Gasteiger partial charge in [-0.3, -0.25) is 9.78 Å². The molecule has 0 fully saturated rings. The first kappa shape index (κ1) is 16.0. The van der Waals surface area contributed by atoms with Gasteiger partial charge in [0.05, 0.1) is 11.6 Å². The van der Waals surface area contributed by atoms with E-state index in [4.69, 9.17) is 0 Å². The Balaban J connectivity index is 1.58. The number of nitrogens with one attached hydrogen (secondary N) is 1. The molecule has 6 nitrogen and oxygen atoms in total. The molecular formula is C20H17N5O. The molecule has 2 aromatic carbocycles. The van der Waals surface area contributed by atoms with E-state index in [9.17, 15) is 4.79 Å². The molecule has 1 atom stereocenters. The molecular weight excluding hydrogens is 326 g/mol. The smallest absolute Gasteiger partial charge is 0.242 e. The zero-order chi connectivity index (χ0) is 17.8. The van der Waals surface area contributed by atoms with Crippen molar-refractivity contribution in [2.75, 3.05) is 0 Å². The van der Waals surface area contributed by atoms with Crippen molar-refractivity contribution in [3.8, 4) is 0 Å². The summed E-state index contributed by atoms with van der Waals surface area (Å²) in [6, 6.07) is 21.0. The van der Waals surface area contributed by atoms with Crippen molar-refractivity contribution in [1.29, 1.82) is 0 Å². The maximum Gasteiger partial charge on any atom is 0.242 e. The van der Waals surface area contributed by atoms with Gasteiger partial charge in [-0.2, -0.15) is 0 Å². The number of carbonyl (C=O) groups excluding carboxylic acids is 1. The number of pyridine rings is 1. The predicted molar refractivity (Wildman–Crippen MR) is 98.2 cm³/mol. The number of carbonyl (C=O) groups is 1. The molecule has 2 aromatic heterocycles. The zero-order valence-electron chi connectivity index (χ0n) is 14.0. The van der Waals surface area contributed by atoms with Gasteiger partial charge in [-0.25, -0.2) is 4.68 Å². The van der Waals surface area contributed by atoms with Gasteiger partial charge in [0.2, 0.25) is 5.91 Å². The number of hydrogen-bond acceptors (Lipinski definition) is 4. The number of amides is 1. The van der Waals surface area contributed by atoms with E-state index in [0.29, 0.717) is 0 Å². The lowest BCUT2D eigenvalue weighted by atomic mass is 10.00. The van der Waals surface area contributed by atoms with Crippen LogP contribution < -0.4 is 5.32 Å². The van der Waals surface area contributed by atoms with Crippen molar-refractivity contribution in [2.24, 2.45) is 0 Å². The summed E-state index contributed by atoms with van der Waals surface area (Å²) in [4.78, 5) is 16.8. The van der Waals surface area contributed by atoms with Crippen molar-refractivity contribution < 1.29 is 4.79 Å². The minimum atomic E-state index is -0.249. The van der Waals surface area contributed by atoms with Crippen molar-refractivity contribution in [1.82, 2.24) is 25.3 Å². The number of fused-ring (bicyclic) bond motifs is 1. The van der Waals surface area contributed by atoms with Gasteiger partial charge in [0, 0.05) is 12.4 Å². The highest BCUT2D eigenvalue weighted by atomic mass is 16.2. The van der Waals surface area contributed by atoms with Crippen LogP contribution in [0.3, 0.4) is 0 Å². The molecule has 4 aromatic rings. The first-order valence-electron chi connectivity index (χ1n) is 8.34. The van der Waals surface area contributed by atoms with E-state index in [1.807, 2.05) is 66.7 Å². The maximum atomic E-state index is 12.7. The van der Waals surface area contributed by atoms with Crippen LogP contribution >= 0.6 is 0 Å². The molecule has 0 saturated carbocycles. The summed E-state index contributed by atoms with van der Waals surface area (Å²) in [5, 5.41) is 11.3. The molecule has 0 spiro atoms. The van der Waals surface area contributed by atoms with Gasteiger partial charge in [0.1, 0.15) is 12.1 Å². The van der Waals surface area contributed by atoms with Crippen molar-refractivity contribution in [2.45, 2.75) is 12.6 Å². The predicted octanol–water partition coefficient (Wildman–Crippen LogP) is 2.73. The summed E-state index contributed by atoms with van der Waals surface area (Å²) in [7, 11) is 0. The first-order chi connectivity index (χ1) is 12.8. The fourth-order valence-electron chi connectivity index (χ4n) is 2.94. The fraction of sp³-hybridized carbons (Fsp3) is 0.100. The monoisotopic (exact) mass is 343 g/mol. The van der Waals surface area contributed by atoms with E-state index < -0.39 is 0 Å². The van der Waals surface area contributed by atoms with E-state index in [-0.39, 0.29) is 18.5 Å². The van der Waals surface area contributed by atoms with Gasteiger partial charge in [0.25, 0.3) is 0 Å². The quantitative estimate of drug-likeness (QED) is 0.605. The van der Waals surface area contributed by atoms with Gasteiger partial charge >= 0.3 is 0 Å². The third kappa shape index (κ3) is 3.30. The van der Waals surface area contributed by atoms with Gasteiger partial charge in [-0.05, 0) is 35.4 Å². The minimum absolute atomic E-state index is 0.106. The molecule has 4 rings (SSSR count). The number of para-hydroxylation sites is 1. The summed E-state index contributed by atoms with van der Waals surface area (Å²) >= 11 is 0. The second kappa shape index (κ2) is 7.14.